The van der Waals surface area contributed by atoms with Crippen molar-refractivity contribution < 1.29 is 0 Å². The smallest absolute Gasteiger partial charge is 0.136 e. The lowest BCUT2D eigenvalue weighted by Gasteiger charge is -2.32. The maximum Gasteiger partial charge on any atom is 0.136 e. The Labute approximate surface area is 96.7 Å². The molecule has 0 radical (unpaired) electrons. The summed E-state index contributed by atoms with van der Waals surface area (Å²) in [5.41, 5.74) is 0. The molecule has 0 aliphatic rings. The van der Waals surface area contributed by atoms with Gasteiger partial charge in [-0.2, -0.15) is 5.26 Å². The van der Waals surface area contributed by atoms with Crippen molar-refractivity contribution >= 4 is 28.3 Å². The van der Waals surface area contributed by atoms with Crippen molar-refractivity contribution in [3.8, 4) is 6.07 Å². The Morgan fingerprint density at radius 2 is 1.86 bits per heavy atom. The molecule has 0 unspecified atom stereocenters. The zero-order valence-corrected chi connectivity index (χ0v) is 10.9. The van der Waals surface area contributed by atoms with Crippen LogP contribution in [0.3, 0.4) is 0 Å². The van der Waals surface area contributed by atoms with E-state index in [-0.39, 0.29) is 0 Å². The van der Waals surface area contributed by atoms with Crippen LogP contribution >= 0.6 is 24.0 Å². The van der Waals surface area contributed by atoms with E-state index in [4.69, 9.17) is 17.5 Å². The highest BCUT2D eigenvalue weighted by Gasteiger charge is 2.16. The van der Waals surface area contributed by atoms with E-state index in [0.29, 0.717) is 18.5 Å². The van der Waals surface area contributed by atoms with Gasteiger partial charge in [-0.3, -0.25) is 0 Å². The number of thioether (sulfide) groups is 1. The Hall–Kier alpha value is -0.270. The SMILES string of the molecule is CC(C)N(C(=S)SCCC#N)C(C)C. The van der Waals surface area contributed by atoms with Crippen molar-refractivity contribution in [3.63, 3.8) is 0 Å². The minimum atomic E-state index is 0.428. The second kappa shape index (κ2) is 7.08. The Morgan fingerprint density at radius 3 is 2.21 bits per heavy atom. The molecule has 0 aromatic carbocycles. The van der Waals surface area contributed by atoms with Crippen molar-refractivity contribution in [2.24, 2.45) is 0 Å². The maximum atomic E-state index is 8.42. The van der Waals surface area contributed by atoms with Crippen LogP contribution in [0.15, 0.2) is 0 Å². The van der Waals surface area contributed by atoms with Crippen LogP contribution in [0.25, 0.3) is 0 Å². The maximum absolute atomic E-state index is 8.42. The van der Waals surface area contributed by atoms with Gasteiger partial charge in [0.2, 0.25) is 0 Å². The van der Waals surface area contributed by atoms with Crippen LogP contribution in [0.4, 0.5) is 0 Å². The molecule has 0 fully saturated rings. The summed E-state index contributed by atoms with van der Waals surface area (Å²) in [6.07, 6.45) is 0.564. The molecule has 0 amide bonds. The molecule has 0 atom stereocenters. The highest BCUT2D eigenvalue weighted by Crippen LogP contribution is 2.16. The van der Waals surface area contributed by atoms with Gasteiger partial charge in [0.15, 0.2) is 0 Å². The van der Waals surface area contributed by atoms with Crippen LogP contribution in [0.1, 0.15) is 34.1 Å². The molecule has 0 N–H and O–H groups in total. The number of nitriles is 1. The van der Waals surface area contributed by atoms with Crippen molar-refractivity contribution in [2.45, 2.75) is 46.2 Å². The first-order chi connectivity index (χ1) is 6.50. The van der Waals surface area contributed by atoms with Crippen LogP contribution in [0.2, 0.25) is 0 Å². The molecule has 0 aliphatic carbocycles. The predicted octanol–water partition coefficient (Wildman–Crippen LogP) is 3.04. The predicted molar refractivity (Wildman–Crippen MR) is 67.4 cm³/mol. The second-order valence-electron chi connectivity index (χ2n) is 3.62. The fraction of sp³-hybridized carbons (Fsp3) is 0.800. The molecule has 0 saturated heterocycles. The van der Waals surface area contributed by atoms with Crippen LogP contribution in [-0.4, -0.2) is 27.1 Å². The lowest BCUT2D eigenvalue weighted by atomic mass is 10.2. The summed E-state index contributed by atoms with van der Waals surface area (Å²) in [4.78, 5) is 2.21. The molecule has 80 valence electrons. The summed E-state index contributed by atoms with van der Waals surface area (Å²) in [5.74, 6) is 0.797. The van der Waals surface area contributed by atoms with Crippen molar-refractivity contribution in [1.29, 1.82) is 5.26 Å². The van der Waals surface area contributed by atoms with E-state index in [2.05, 4.69) is 38.7 Å². The van der Waals surface area contributed by atoms with E-state index < -0.39 is 0 Å². The van der Waals surface area contributed by atoms with E-state index in [1.165, 1.54) is 0 Å². The second-order valence-corrected chi connectivity index (χ2v) is 5.35. The molecule has 4 heteroatoms. The van der Waals surface area contributed by atoms with Gasteiger partial charge in [0.1, 0.15) is 4.32 Å². The zero-order chi connectivity index (χ0) is 11.1. The van der Waals surface area contributed by atoms with Crippen LogP contribution in [0.5, 0.6) is 0 Å². The van der Waals surface area contributed by atoms with Gasteiger partial charge in [0, 0.05) is 24.3 Å². The molecule has 0 aliphatic heterocycles. The van der Waals surface area contributed by atoms with E-state index in [1.54, 1.807) is 11.8 Å². The normalized spacial score (nSPS) is 10.4. The quantitative estimate of drug-likeness (QED) is 0.548. The topological polar surface area (TPSA) is 27.0 Å². The third kappa shape index (κ3) is 4.83. The molecule has 0 aromatic heterocycles. The minimum absolute atomic E-state index is 0.428. The van der Waals surface area contributed by atoms with Gasteiger partial charge in [-0.1, -0.05) is 24.0 Å². The Kier molecular flexibility index (Phi) is 6.94. The fourth-order valence-corrected chi connectivity index (χ4v) is 2.89. The van der Waals surface area contributed by atoms with Crippen molar-refractivity contribution in [2.75, 3.05) is 5.75 Å². The largest absolute Gasteiger partial charge is 0.353 e. The van der Waals surface area contributed by atoms with Gasteiger partial charge in [-0.05, 0) is 27.7 Å². The third-order valence-electron chi connectivity index (χ3n) is 1.76. The zero-order valence-electron chi connectivity index (χ0n) is 9.28. The summed E-state index contributed by atoms with van der Waals surface area (Å²) in [5, 5.41) is 8.42. The average Bonchev–Trinajstić information content (AvgIpc) is 2.03. The first kappa shape index (κ1) is 13.7. The monoisotopic (exact) mass is 230 g/mol. The summed E-state index contributed by atoms with van der Waals surface area (Å²) in [7, 11) is 0. The highest BCUT2D eigenvalue weighted by atomic mass is 32.2. The highest BCUT2D eigenvalue weighted by molar-refractivity contribution is 8.22. The molecule has 0 spiro atoms. The van der Waals surface area contributed by atoms with E-state index in [1.807, 2.05) is 0 Å². The third-order valence-corrected chi connectivity index (χ3v) is 3.19. The van der Waals surface area contributed by atoms with Crippen LogP contribution < -0.4 is 0 Å². The average molecular weight is 230 g/mol. The first-order valence-corrected chi connectivity index (χ1v) is 6.22. The Morgan fingerprint density at radius 1 is 1.36 bits per heavy atom. The Balaban J connectivity index is 4.11. The van der Waals surface area contributed by atoms with E-state index >= 15 is 0 Å². The van der Waals surface area contributed by atoms with Gasteiger partial charge >= 0.3 is 0 Å². The number of thiocarbonyl (C=S) groups is 1. The molecule has 14 heavy (non-hydrogen) atoms. The van der Waals surface area contributed by atoms with Crippen molar-refractivity contribution in [3.05, 3.63) is 0 Å². The first-order valence-electron chi connectivity index (χ1n) is 4.82. The number of rotatable bonds is 4. The van der Waals surface area contributed by atoms with E-state index in [9.17, 15) is 0 Å². The van der Waals surface area contributed by atoms with Crippen LogP contribution in [-0.2, 0) is 0 Å². The van der Waals surface area contributed by atoms with Crippen molar-refractivity contribution in [1.82, 2.24) is 4.90 Å². The van der Waals surface area contributed by atoms with E-state index in [0.717, 1.165) is 10.1 Å². The molecule has 0 rings (SSSR count). The molecule has 0 saturated carbocycles. The number of hydrogen-bond donors (Lipinski definition) is 0. The molecular formula is C10H18N2S2. The summed E-state index contributed by atoms with van der Waals surface area (Å²) >= 11 is 6.92. The Bertz CT molecular complexity index is 211. The van der Waals surface area contributed by atoms with Gasteiger partial charge in [-0.25, -0.2) is 0 Å². The summed E-state index contributed by atoms with van der Waals surface area (Å²) in [6.45, 7) is 8.54. The molecular weight excluding hydrogens is 212 g/mol. The molecule has 0 heterocycles. The molecule has 2 nitrogen and oxygen atoms in total. The summed E-state index contributed by atoms with van der Waals surface area (Å²) in [6, 6.07) is 2.98. The lowest BCUT2D eigenvalue weighted by Crippen LogP contribution is -2.39. The minimum Gasteiger partial charge on any atom is -0.353 e. The number of nitrogens with zero attached hydrogens (tertiary/aromatic N) is 2. The fourth-order valence-electron chi connectivity index (χ4n) is 1.28. The van der Waals surface area contributed by atoms with Gasteiger partial charge in [0.25, 0.3) is 0 Å². The number of hydrogen-bond acceptors (Lipinski definition) is 3. The molecule has 0 aromatic rings. The van der Waals surface area contributed by atoms with Crippen LogP contribution in [0, 0.1) is 11.3 Å². The van der Waals surface area contributed by atoms with Gasteiger partial charge in [-0.15, -0.1) is 0 Å². The van der Waals surface area contributed by atoms with Gasteiger partial charge in [0.05, 0.1) is 6.07 Å². The molecule has 0 bridgehead atoms. The van der Waals surface area contributed by atoms with Gasteiger partial charge < -0.3 is 4.90 Å². The standard InChI is InChI=1S/C10H18N2S2/c1-8(2)12(9(3)4)10(13)14-7-5-6-11/h8-9H,5,7H2,1-4H3. The lowest BCUT2D eigenvalue weighted by molar-refractivity contribution is 0.303. The summed E-state index contributed by atoms with van der Waals surface area (Å²) < 4.78 is 0.908.